The number of hydrogen-bond donors (Lipinski definition) is 1. The molecule has 1 aliphatic heterocycles. The van der Waals surface area contributed by atoms with Crippen LogP contribution in [0, 0.1) is 11.7 Å². The lowest BCUT2D eigenvalue weighted by Crippen LogP contribution is -2.44. The number of likely N-dealkylation sites (tertiary alicyclic amines) is 1. The van der Waals surface area contributed by atoms with E-state index in [-0.39, 0.29) is 30.2 Å². The van der Waals surface area contributed by atoms with Crippen molar-refractivity contribution >= 4 is 23.4 Å². The first-order chi connectivity index (χ1) is 11.4. The van der Waals surface area contributed by atoms with E-state index in [1.54, 1.807) is 18.0 Å². The van der Waals surface area contributed by atoms with Crippen molar-refractivity contribution in [3.8, 4) is 0 Å². The molecule has 0 aliphatic carbocycles. The summed E-state index contributed by atoms with van der Waals surface area (Å²) in [7, 11) is 1.57. The number of rotatable bonds is 4. The van der Waals surface area contributed by atoms with Gasteiger partial charge in [0.25, 0.3) is 0 Å². The normalized spacial score (nSPS) is 15.0. The zero-order valence-corrected chi connectivity index (χ0v) is 13.9. The molecule has 0 bridgehead atoms. The van der Waals surface area contributed by atoms with E-state index in [4.69, 9.17) is 0 Å². The Labute approximate surface area is 140 Å². The Morgan fingerprint density at radius 3 is 2.54 bits per heavy atom. The van der Waals surface area contributed by atoms with Gasteiger partial charge in [-0.25, -0.2) is 4.39 Å². The minimum Gasteiger partial charge on any atom is -0.343 e. The molecule has 1 heterocycles. The summed E-state index contributed by atoms with van der Waals surface area (Å²) in [6, 6.07) is 5.60. The second-order valence-electron chi connectivity index (χ2n) is 6.03. The average Bonchev–Trinajstić information content (AvgIpc) is 2.54. The zero-order chi connectivity index (χ0) is 17.7. The average molecular weight is 335 g/mol. The molecule has 3 amide bonds. The standard InChI is InChI=1S/C17H22FN3O3/c1-12(22)21-8-6-13(7-9-21)17(24)20(2)11-16(23)19-15-5-3-4-14(18)10-15/h3-5,10,13H,6-9,11H2,1-2H3,(H,19,23). The second-order valence-corrected chi connectivity index (χ2v) is 6.03. The topological polar surface area (TPSA) is 69.7 Å². The predicted molar refractivity (Wildman–Crippen MR) is 87.6 cm³/mol. The molecule has 0 aromatic heterocycles. The molecule has 1 saturated heterocycles. The van der Waals surface area contributed by atoms with Crippen LogP contribution >= 0.6 is 0 Å². The van der Waals surface area contributed by atoms with Crippen LogP contribution in [-0.2, 0) is 14.4 Å². The van der Waals surface area contributed by atoms with Crippen LogP contribution in [0.3, 0.4) is 0 Å². The summed E-state index contributed by atoms with van der Waals surface area (Å²) >= 11 is 0. The van der Waals surface area contributed by atoms with Gasteiger partial charge in [0.05, 0.1) is 6.54 Å². The van der Waals surface area contributed by atoms with Crippen LogP contribution in [-0.4, -0.2) is 54.2 Å². The molecule has 1 aliphatic rings. The summed E-state index contributed by atoms with van der Waals surface area (Å²) in [5.41, 5.74) is 0.357. The molecule has 24 heavy (non-hydrogen) atoms. The van der Waals surface area contributed by atoms with Gasteiger partial charge in [-0.3, -0.25) is 14.4 Å². The van der Waals surface area contributed by atoms with E-state index in [1.165, 1.54) is 30.0 Å². The Hall–Kier alpha value is -2.44. The van der Waals surface area contributed by atoms with Crippen molar-refractivity contribution in [3.05, 3.63) is 30.1 Å². The predicted octanol–water partition coefficient (Wildman–Crippen LogP) is 1.48. The van der Waals surface area contributed by atoms with Gasteiger partial charge in [0.15, 0.2) is 0 Å². The maximum Gasteiger partial charge on any atom is 0.243 e. The SMILES string of the molecule is CC(=O)N1CCC(C(=O)N(C)CC(=O)Nc2cccc(F)c2)CC1. The Bertz CT molecular complexity index is 627. The molecule has 1 N–H and O–H groups in total. The van der Waals surface area contributed by atoms with Crippen LogP contribution in [0.15, 0.2) is 24.3 Å². The highest BCUT2D eigenvalue weighted by atomic mass is 19.1. The molecule has 6 nitrogen and oxygen atoms in total. The fourth-order valence-corrected chi connectivity index (χ4v) is 2.81. The highest BCUT2D eigenvalue weighted by Gasteiger charge is 2.28. The lowest BCUT2D eigenvalue weighted by Gasteiger charge is -2.32. The molecule has 0 radical (unpaired) electrons. The lowest BCUT2D eigenvalue weighted by atomic mass is 9.95. The molecule has 0 atom stereocenters. The minimum atomic E-state index is -0.436. The number of anilines is 1. The van der Waals surface area contributed by atoms with Crippen LogP contribution in [0.4, 0.5) is 10.1 Å². The number of benzene rings is 1. The summed E-state index contributed by atoms with van der Waals surface area (Å²) in [6.45, 7) is 2.55. The van der Waals surface area contributed by atoms with Gasteiger partial charge >= 0.3 is 0 Å². The zero-order valence-electron chi connectivity index (χ0n) is 13.9. The first-order valence-corrected chi connectivity index (χ1v) is 7.92. The molecule has 1 aromatic carbocycles. The number of halogens is 1. The maximum absolute atomic E-state index is 13.1. The summed E-state index contributed by atoms with van der Waals surface area (Å²) in [6.07, 6.45) is 1.21. The molecular weight excluding hydrogens is 313 g/mol. The third-order valence-corrected chi connectivity index (χ3v) is 4.15. The largest absolute Gasteiger partial charge is 0.343 e. The Morgan fingerprint density at radius 1 is 1.29 bits per heavy atom. The first-order valence-electron chi connectivity index (χ1n) is 7.92. The molecule has 0 unspecified atom stereocenters. The summed E-state index contributed by atoms with van der Waals surface area (Å²) in [4.78, 5) is 38.8. The number of carbonyl (C=O) groups is 3. The van der Waals surface area contributed by atoms with Gasteiger partial charge in [0, 0.05) is 38.7 Å². The van der Waals surface area contributed by atoms with E-state index in [1.807, 2.05) is 0 Å². The van der Waals surface area contributed by atoms with Crippen molar-refractivity contribution in [2.75, 3.05) is 32.0 Å². The molecule has 1 aromatic rings. The van der Waals surface area contributed by atoms with Gasteiger partial charge in [-0.15, -0.1) is 0 Å². The number of hydrogen-bond acceptors (Lipinski definition) is 3. The van der Waals surface area contributed by atoms with E-state index in [9.17, 15) is 18.8 Å². The van der Waals surface area contributed by atoms with Crippen LogP contribution in [0.1, 0.15) is 19.8 Å². The molecular formula is C17H22FN3O3. The van der Waals surface area contributed by atoms with E-state index in [2.05, 4.69) is 5.32 Å². The smallest absolute Gasteiger partial charge is 0.243 e. The van der Waals surface area contributed by atoms with Gasteiger partial charge in [0.1, 0.15) is 5.82 Å². The van der Waals surface area contributed by atoms with Crippen molar-refractivity contribution in [2.24, 2.45) is 5.92 Å². The number of nitrogens with one attached hydrogen (secondary N) is 1. The van der Waals surface area contributed by atoms with Crippen molar-refractivity contribution in [1.82, 2.24) is 9.80 Å². The summed E-state index contributed by atoms with van der Waals surface area (Å²) < 4.78 is 13.1. The Kier molecular flexibility index (Phi) is 5.89. The minimum absolute atomic E-state index is 0.0173. The summed E-state index contributed by atoms with van der Waals surface area (Å²) in [5.74, 6) is -1.07. The van der Waals surface area contributed by atoms with Crippen molar-refractivity contribution in [1.29, 1.82) is 0 Å². The van der Waals surface area contributed by atoms with E-state index in [0.29, 0.717) is 31.6 Å². The quantitative estimate of drug-likeness (QED) is 0.906. The van der Waals surface area contributed by atoms with Crippen LogP contribution in [0.25, 0.3) is 0 Å². The molecule has 0 spiro atoms. The van der Waals surface area contributed by atoms with E-state index < -0.39 is 5.82 Å². The lowest BCUT2D eigenvalue weighted by molar-refractivity contribution is -0.140. The fourth-order valence-electron chi connectivity index (χ4n) is 2.81. The molecule has 130 valence electrons. The van der Waals surface area contributed by atoms with Crippen LogP contribution < -0.4 is 5.32 Å². The Morgan fingerprint density at radius 2 is 1.96 bits per heavy atom. The van der Waals surface area contributed by atoms with Gasteiger partial charge in [-0.05, 0) is 31.0 Å². The monoisotopic (exact) mass is 335 g/mol. The molecule has 0 saturated carbocycles. The van der Waals surface area contributed by atoms with Gasteiger partial charge in [0.2, 0.25) is 17.7 Å². The van der Waals surface area contributed by atoms with E-state index in [0.717, 1.165) is 0 Å². The van der Waals surface area contributed by atoms with Gasteiger partial charge < -0.3 is 15.1 Å². The number of nitrogens with zero attached hydrogens (tertiary/aromatic N) is 2. The number of amides is 3. The summed E-state index contributed by atoms with van der Waals surface area (Å²) in [5, 5.41) is 2.57. The number of piperidine rings is 1. The highest BCUT2D eigenvalue weighted by molar-refractivity contribution is 5.94. The highest BCUT2D eigenvalue weighted by Crippen LogP contribution is 2.19. The van der Waals surface area contributed by atoms with Crippen molar-refractivity contribution in [3.63, 3.8) is 0 Å². The molecule has 2 rings (SSSR count). The maximum atomic E-state index is 13.1. The number of likely N-dealkylation sites (N-methyl/N-ethyl adjacent to an activating group) is 1. The molecule has 1 fully saturated rings. The third-order valence-electron chi connectivity index (χ3n) is 4.15. The van der Waals surface area contributed by atoms with Gasteiger partial charge in [-0.2, -0.15) is 0 Å². The number of carbonyl (C=O) groups excluding carboxylic acids is 3. The first kappa shape index (κ1) is 17.9. The van der Waals surface area contributed by atoms with Gasteiger partial charge in [-0.1, -0.05) is 6.07 Å². The molecule has 7 heteroatoms. The van der Waals surface area contributed by atoms with Crippen LogP contribution in [0.5, 0.6) is 0 Å². The third kappa shape index (κ3) is 4.78. The fraction of sp³-hybridized carbons (Fsp3) is 0.471. The second kappa shape index (κ2) is 7.90. The Balaban J connectivity index is 1.83. The van der Waals surface area contributed by atoms with Crippen molar-refractivity contribution in [2.45, 2.75) is 19.8 Å². The van der Waals surface area contributed by atoms with Crippen molar-refractivity contribution < 1.29 is 18.8 Å². The van der Waals surface area contributed by atoms with Crippen LogP contribution in [0.2, 0.25) is 0 Å². The van der Waals surface area contributed by atoms with E-state index >= 15 is 0 Å².